The molecule has 2 N–H and O–H groups in total. The smallest absolute Gasteiger partial charge is 0.194 e. The van der Waals surface area contributed by atoms with Crippen molar-refractivity contribution in [2.24, 2.45) is 5.92 Å². The summed E-state index contributed by atoms with van der Waals surface area (Å²) in [6, 6.07) is 7.50. The van der Waals surface area contributed by atoms with E-state index in [0.717, 1.165) is 0 Å². The monoisotopic (exact) mass is 308 g/mol. The quantitative estimate of drug-likeness (QED) is 0.839. The van der Waals surface area contributed by atoms with Gasteiger partial charge in [0, 0.05) is 5.56 Å². The molecular formula is C16H11F3O3. The molecule has 0 saturated carbocycles. The third kappa shape index (κ3) is 2.12. The normalized spacial score (nSPS) is 21.8. The molecule has 2 aromatic rings. The van der Waals surface area contributed by atoms with Gasteiger partial charge in [0.05, 0.1) is 18.1 Å². The number of halogens is 3. The van der Waals surface area contributed by atoms with Gasteiger partial charge in [-0.25, -0.2) is 13.2 Å². The molecule has 114 valence electrons. The number of aliphatic hydroxyl groups excluding tert-OH is 2. The Morgan fingerprint density at radius 1 is 1.05 bits per heavy atom. The van der Waals surface area contributed by atoms with Crippen molar-refractivity contribution in [3.63, 3.8) is 0 Å². The van der Waals surface area contributed by atoms with Gasteiger partial charge < -0.3 is 10.2 Å². The van der Waals surface area contributed by atoms with E-state index in [9.17, 15) is 28.2 Å². The number of rotatable bonds is 2. The van der Waals surface area contributed by atoms with Gasteiger partial charge in [-0.1, -0.05) is 24.3 Å². The van der Waals surface area contributed by atoms with Crippen molar-refractivity contribution in [1.82, 2.24) is 0 Å². The van der Waals surface area contributed by atoms with Gasteiger partial charge in [0.15, 0.2) is 23.2 Å². The van der Waals surface area contributed by atoms with Gasteiger partial charge in [-0.05, 0) is 23.3 Å². The average molecular weight is 308 g/mol. The Hall–Kier alpha value is -2.18. The summed E-state index contributed by atoms with van der Waals surface area (Å²) in [6.07, 6.45) is -2.95. The van der Waals surface area contributed by atoms with Crippen LogP contribution in [0.1, 0.15) is 33.7 Å². The van der Waals surface area contributed by atoms with E-state index in [0.29, 0.717) is 17.7 Å². The van der Waals surface area contributed by atoms with Crippen LogP contribution in [0.3, 0.4) is 0 Å². The Morgan fingerprint density at radius 3 is 2.23 bits per heavy atom. The topological polar surface area (TPSA) is 57.5 Å². The molecule has 0 radical (unpaired) electrons. The highest BCUT2D eigenvalue weighted by molar-refractivity contribution is 6.03. The van der Waals surface area contributed by atoms with E-state index in [1.54, 1.807) is 12.1 Å². The van der Waals surface area contributed by atoms with Crippen molar-refractivity contribution in [1.29, 1.82) is 0 Å². The summed E-state index contributed by atoms with van der Waals surface area (Å²) in [4.78, 5) is 12.3. The molecule has 3 nitrogen and oxygen atoms in total. The second-order valence-electron chi connectivity index (χ2n) is 5.17. The second kappa shape index (κ2) is 5.23. The lowest BCUT2D eigenvalue weighted by molar-refractivity contribution is 0.0221. The average Bonchev–Trinajstić information content (AvgIpc) is 2.76. The minimum absolute atomic E-state index is 0.252. The molecule has 0 aromatic heterocycles. The maximum absolute atomic E-state index is 13.3. The highest BCUT2D eigenvalue weighted by Crippen LogP contribution is 2.42. The molecule has 0 fully saturated rings. The van der Waals surface area contributed by atoms with Gasteiger partial charge in [-0.2, -0.15) is 0 Å². The molecule has 1 aliphatic rings. The van der Waals surface area contributed by atoms with E-state index < -0.39 is 41.4 Å². The van der Waals surface area contributed by atoms with Crippen LogP contribution < -0.4 is 0 Å². The molecule has 2 aromatic carbocycles. The molecule has 0 heterocycles. The molecule has 0 amide bonds. The van der Waals surface area contributed by atoms with Crippen molar-refractivity contribution < 1.29 is 28.2 Å². The molecule has 0 aliphatic heterocycles. The van der Waals surface area contributed by atoms with E-state index in [1.165, 1.54) is 12.1 Å². The van der Waals surface area contributed by atoms with Crippen LogP contribution >= 0.6 is 0 Å². The zero-order valence-corrected chi connectivity index (χ0v) is 11.1. The summed E-state index contributed by atoms with van der Waals surface area (Å²) >= 11 is 0. The van der Waals surface area contributed by atoms with E-state index in [-0.39, 0.29) is 11.1 Å². The largest absolute Gasteiger partial charge is 0.388 e. The van der Waals surface area contributed by atoms with Crippen LogP contribution in [-0.2, 0) is 0 Å². The Labute approximate surface area is 123 Å². The molecule has 1 aliphatic carbocycles. The van der Waals surface area contributed by atoms with Gasteiger partial charge >= 0.3 is 0 Å². The molecule has 0 saturated heterocycles. The van der Waals surface area contributed by atoms with Crippen molar-refractivity contribution >= 4 is 5.78 Å². The Balaban J connectivity index is 2.01. The van der Waals surface area contributed by atoms with Crippen molar-refractivity contribution in [3.8, 4) is 0 Å². The molecular weight excluding hydrogens is 297 g/mol. The first-order valence-electron chi connectivity index (χ1n) is 6.55. The molecule has 3 rings (SSSR count). The number of carbonyl (C=O) groups excluding carboxylic acids is 1. The van der Waals surface area contributed by atoms with Gasteiger partial charge in [0.2, 0.25) is 0 Å². The number of hydrogen-bond acceptors (Lipinski definition) is 3. The molecule has 3 atom stereocenters. The maximum atomic E-state index is 13.3. The number of benzene rings is 2. The Bertz CT molecular complexity index is 737. The SMILES string of the molecule is O=C1c2ccccc2C(O)C1C(O)c1cc(F)c(F)c(F)c1. The van der Waals surface area contributed by atoms with Crippen LogP contribution in [0.15, 0.2) is 36.4 Å². The van der Waals surface area contributed by atoms with Gasteiger partial charge in [-0.3, -0.25) is 4.79 Å². The number of fused-ring (bicyclic) bond motifs is 1. The molecule has 6 heteroatoms. The van der Waals surface area contributed by atoms with Crippen LogP contribution in [0, 0.1) is 23.4 Å². The first kappa shape index (κ1) is 14.7. The van der Waals surface area contributed by atoms with Gasteiger partial charge in [0.1, 0.15) is 0 Å². The summed E-state index contributed by atoms with van der Waals surface area (Å²) in [6.45, 7) is 0. The number of ketones is 1. The molecule has 0 spiro atoms. The third-order valence-electron chi connectivity index (χ3n) is 3.88. The zero-order valence-electron chi connectivity index (χ0n) is 11.1. The van der Waals surface area contributed by atoms with Crippen LogP contribution in [0.5, 0.6) is 0 Å². The highest BCUT2D eigenvalue weighted by Gasteiger charge is 2.43. The van der Waals surface area contributed by atoms with E-state index >= 15 is 0 Å². The fraction of sp³-hybridized carbons (Fsp3) is 0.188. The fourth-order valence-electron chi connectivity index (χ4n) is 2.76. The van der Waals surface area contributed by atoms with Gasteiger partial charge in [0.25, 0.3) is 0 Å². The first-order valence-corrected chi connectivity index (χ1v) is 6.55. The number of hydrogen-bond donors (Lipinski definition) is 2. The number of aliphatic hydroxyl groups is 2. The predicted octanol–water partition coefficient (Wildman–Crippen LogP) is 2.68. The maximum Gasteiger partial charge on any atom is 0.194 e. The van der Waals surface area contributed by atoms with Crippen LogP contribution in [-0.4, -0.2) is 16.0 Å². The van der Waals surface area contributed by atoms with E-state index in [4.69, 9.17) is 0 Å². The van der Waals surface area contributed by atoms with E-state index in [2.05, 4.69) is 0 Å². The molecule has 22 heavy (non-hydrogen) atoms. The van der Waals surface area contributed by atoms with Crippen molar-refractivity contribution in [2.45, 2.75) is 12.2 Å². The Kier molecular flexibility index (Phi) is 3.50. The standard InChI is InChI=1S/C16H11F3O3/c17-10-5-7(6-11(18)13(10)19)14(20)12-15(21)8-3-1-2-4-9(8)16(12)22/h1-6,12,14-15,20-21H. The third-order valence-corrected chi connectivity index (χ3v) is 3.88. The summed E-state index contributed by atoms with van der Waals surface area (Å²) in [5.41, 5.74) is 0.295. The highest BCUT2D eigenvalue weighted by atomic mass is 19.2. The van der Waals surface area contributed by atoms with Crippen molar-refractivity contribution in [3.05, 3.63) is 70.5 Å². The summed E-state index contributed by atoms with van der Waals surface area (Å²) < 4.78 is 39.5. The zero-order chi connectivity index (χ0) is 16.0. The summed E-state index contributed by atoms with van der Waals surface area (Å²) in [5.74, 6) is -6.40. The minimum Gasteiger partial charge on any atom is -0.388 e. The van der Waals surface area contributed by atoms with Crippen LogP contribution in [0.4, 0.5) is 13.2 Å². The minimum atomic E-state index is -1.66. The lowest BCUT2D eigenvalue weighted by Crippen LogP contribution is -2.22. The fourth-order valence-corrected chi connectivity index (χ4v) is 2.76. The predicted molar refractivity (Wildman–Crippen MR) is 70.5 cm³/mol. The molecule has 3 unspecified atom stereocenters. The first-order chi connectivity index (χ1) is 10.4. The number of carbonyl (C=O) groups is 1. The van der Waals surface area contributed by atoms with Gasteiger partial charge in [-0.15, -0.1) is 0 Å². The lowest BCUT2D eigenvalue weighted by Gasteiger charge is -2.21. The Morgan fingerprint density at radius 2 is 1.64 bits per heavy atom. The second-order valence-corrected chi connectivity index (χ2v) is 5.17. The lowest BCUT2D eigenvalue weighted by atomic mass is 9.90. The van der Waals surface area contributed by atoms with Crippen LogP contribution in [0.2, 0.25) is 0 Å². The van der Waals surface area contributed by atoms with E-state index in [1.807, 2.05) is 0 Å². The number of Topliss-reactive ketones (excluding diaryl/α,β-unsaturated/α-hetero) is 1. The summed E-state index contributed by atoms with van der Waals surface area (Å²) in [7, 11) is 0. The molecule has 0 bridgehead atoms. The van der Waals surface area contributed by atoms with Crippen molar-refractivity contribution in [2.75, 3.05) is 0 Å². The van der Waals surface area contributed by atoms with Crippen LogP contribution in [0.25, 0.3) is 0 Å². The summed E-state index contributed by atoms with van der Waals surface area (Å²) in [5, 5.41) is 20.4.